The van der Waals surface area contributed by atoms with Gasteiger partial charge in [0.05, 0.1) is 35.2 Å². The van der Waals surface area contributed by atoms with Crippen LogP contribution >= 0.6 is 0 Å². The molecule has 0 spiro atoms. The van der Waals surface area contributed by atoms with Crippen molar-refractivity contribution < 1.29 is 24.0 Å². The number of ether oxygens (including phenoxy) is 1. The Kier molecular flexibility index (Phi) is 5.34. The van der Waals surface area contributed by atoms with Crippen LogP contribution in [-0.4, -0.2) is 52.2 Å². The molecule has 0 N–H and O–H groups in total. The summed E-state index contributed by atoms with van der Waals surface area (Å²) in [4.78, 5) is 49.2. The van der Waals surface area contributed by atoms with Crippen LogP contribution in [0.4, 0.5) is 5.69 Å². The molecule has 1 aliphatic heterocycles. The van der Waals surface area contributed by atoms with Gasteiger partial charge in [-0.2, -0.15) is 0 Å². The fourth-order valence-electron chi connectivity index (χ4n) is 3.82. The molecule has 152 valence electrons. The highest BCUT2D eigenvalue weighted by atomic mass is 16.6. The van der Waals surface area contributed by atoms with Gasteiger partial charge in [-0.05, 0) is 32.9 Å². The summed E-state index contributed by atoms with van der Waals surface area (Å²) in [6.45, 7) is 5.69. The lowest BCUT2D eigenvalue weighted by atomic mass is 10.1. The number of ketones is 1. The minimum Gasteiger partial charge on any atom is -0.383 e. The summed E-state index contributed by atoms with van der Waals surface area (Å²) in [6, 6.07) is 5.23. The number of hydrogen-bond acceptors (Lipinski definition) is 6. The number of aromatic nitrogens is 1. The van der Waals surface area contributed by atoms with Gasteiger partial charge in [-0.25, -0.2) is 0 Å². The number of fused-ring (bicyclic) bond motifs is 1. The zero-order valence-electron chi connectivity index (χ0n) is 16.6. The van der Waals surface area contributed by atoms with Crippen molar-refractivity contribution in [3.05, 3.63) is 62.5 Å². The summed E-state index contributed by atoms with van der Waals surface area (Å²) >= 11 is 0. The van der Waals surface area contributed by atoms with E-state index in [0.29, 0.717) is 12.2 Å². The summed E-state index contributed by atoms with van der Waals surface area (Å²) in [5.74, 6) is -1.71. The van der Waals surface area contributed by atoms with Crippen LogP contribution in [0.15, 0.2) is 24.3 Å². The van der Waals surface area contributed by atoms with E-state index in [9.17, 15) is 24.5 Å². The van der Waals surface area contributed by atoms with Crippen molar-refractivity contribution in [1.82, 2.24) is 9.47 Å². The lowest BCUT2D eigenvalue weighted by Crippen LogP contribution is -2.35. The van der Waals surface area contributed by atoms with Crippen molar-refractivity contribution in [3.8, 4) is 0 Å². The van der Waals surface area contributed by atoms with Crippen LogP contribution in [0.5, 0.6) is 0 Å². The molecule has 0 unspecified atom stereocenters. The second-order valence-electron chi connectivity index (χ2n) is 7.07. The van der Waals surface area contributed by atoms with Gasteiger partial charge in [-0.15, -0.1) is 0 Å². The molecule has 2 heterocycles. The van der Waals surface area contributed by atoms with Crippen molar-refractivity contribution in [1.29, 1.82) is 0 Å². The first-order valence-electron chi connectivity index (χ1n) is 9.02. The molecule has 2 aromatic rings. The molecule has 0 radical (unpaired) electrons. The highest BCUT2D eigenvalue weighted by Gasteiger charge is 2.38. The van der Waals surface area contributed by atoms with E-state index in [-0.39, 0.29) is 28.6 Å². The smallest absolute Gasteiger partial charge is 0.270 e. The van der Waals surface area contributed by atoms with Gasteiger partial charge in [0.1, 0.15) is 0 Å². The van der Waals surface area contributed by atoms with Crippen LogP contribution in [0, 0.1) is 24.0 Å². The molecule has 9 nitrogen and oxygen atoms in total. The second-order valence-corrected chi connectivity index (χ2v) is 7.07. The standard InChI is InChI=1S/C20H21N3O6/c1-11-7-16(13(3)22(11)12(2)10-29-4)18(24)9-21-19(25)15-6-5-14(23(27)28)8-17(15)20(21)26/h5-8,12H,9-10H2,1-4H3/t12-/m1/s1. The fourth-order valence-corrected chi connectivity index (χ4v) is 3.82. The number of rotatable bonds is 7. The molecule has 1 aliphatic rings. The van der Waals surface area contributed by atoms with E-state index in [2.05, 4.69) is 0 Å². The summed E-state index contributed by atoms with van der Waals surface area (Å²) in [7, 11) is 1.60. The van der Waals surface area contributed by atoms with Gasteiger partial charge >= 0.3 is 0 Å². The Balaban J connectivity index is 1.87. The Morgan fingerprint density at radius 3 is 2.45 bits per heavy atom. The van der Waals surface area contributed by atoms with E-state index in [1.165, 1.54) is 12.1 Å². The highest BCUT2D eigenvalue weighted by Crippen LogP contribution is 2.28. The van der Waals surface area contributed by atoms with E-state index in [4.69, 9.17) is 4.74 Å². The van der Waals surface area contributed by atoms with Crippen molar-refractivity contribution >= 4 is 23.3 Å². The molecule has 0 fully saturated rings. The van der Waals surface area contributed by atoms with Crippen molar-refractivity contribution in [2.24, 2.45) is 0 Å². The molecule has 1 aromatic carbocycles. The van der Waals surface area contributed by atoms with E-state index < -0.39 is 23.3 Å². The number of nitro benzene ring substituents is 1. The molecule has 0 saturated carbocycles. The average Bonchev–Trinajstić information content (AvgIpc) is 3.10. The monoisotopic (exact) mass is 399 g/mol. The number of imide groups is 1. The number of amides is 2. The summed E-state index contributed by atoms with van der Waals surface area (Å²) in [6.07, 6.45) is 0. The molecular formula is C20H21N3O6. The number of carbonyl (C=O) groups excluding carboxylic acids is 3. The maximum absolute atomic E-state index is 12.9. The second kappa shape index (κ2) is 7.59. The molecule has 29 heavy (non-hydrogen) atoms. The predicted octanol–water partition coefficient (Wildman–Crippen LogP) is 2.70. The lowest BCUT2D eigenvalue weighted by Gasteiger charge is -2.18. The number of nitrogens with zero attached hydrogens (tertiary/aromatic N) is 3. The third-order valence-electron chi connectivity index (χ3n) is 5.10. The topological polar surface area (TPSA) is 112 Å². The van der Waals surface area contributed by atoms with Crippen molar-refractivity contribution in [2.75, 3.05) is 20.3 Å². The molecule has 3 rings (SSSR count). The zero-order valence-corrected chi connectivity index (χ0v) is 16.6. The van der Waals surface area contributed by atoms with Crippen molar-refractivity contribution in [2.45, 2.75) is 26.8 Å². The van der Waals surface area contributed by atoms with E-state index in [1.807, 2.05) is 18.4 Å². The maximum Gasteiger partial charge on any atom is 0.270 e. The number of aryl methyl sites for hydroxylation is 1. The van der Waals surface area contributed by atoms with E-state index in [1.54, 1.807) is 20.1 Å². The number of non-ortho nitro benzene ring substituents is 1. The van der Waals surface area contributed by atoms with Gasteiger partial charge in [-0.1, -0.05) is 0 Å². The van der Waals surface area contributed by atoms with Crippen LogP contribution < -0.4 is 0 Å². The quantitative estimate of drug-likeness (QED) is 0.306. The number of hydrogen-bond donors (Lipinski definition) is 0. The van der Waals surface area contributed by atoms with Gasteiger partial charge in [0.15, 0.2) is 5.78 Å². The first-order valence-corrected chi connectivity index (χ1v) is 9.02. The Bertz CT molecular complexity index is 1040. The molecule has 1 atom stereocenters. The Morgan fingerprint density at radius 2 is 1.83 bits per heavy atom. The number of nitro groups is 1. The first kappa shape index (κ1) is 20.4. The van der Waals surface area contributed by atoms with E-state index in [0.717, 1.165) is 22.4 Å². The third kappa shape index (κ3) is 3.44. The normalized spacial score (nSPS) is 14.3. The first-order chi connectivity index (χ1) is 13.7. The Morgan fingerprint density at radius 1 is 1.17 bits per heavy atom. The molecular weight excluding hydrogens is 378 g/mol. The predicted molar refractivity (Wildman–Crippen MR) is 103 cm³/mol. The molecule has 2 amide bonds. The molecule has 9 heteroatoms. The largest absolute Gasteiger partial charge is 0.383 e. The summed E-state index contributed by atoms with van der Waals surface area (Å²) in [5.41, 5.74) is 1.74. The van der Waals surface area contributed by atoms with Crippen molar-refractivity contribution in [3.63, 3.8) is 0 Å². The minimum atomic E-state index is -0.705. The number of carbonyl (C=O) groups is 3. The molecule has 1 aromatic heterocycles. The maximum atomic E-state index is 12.9. The van der Waals surface area contributed by atoms with Crippen LogP contribution in [0.1, 0.15) is 55.4 Å². The van der Waals surface area contributed by atoms with Gasteiger partial charge in [0.25, 0.3) is 17.5 Å². The van der Waals surface area contributed by atoms with E-state index >= 15 is 0 Å². The molecule has 0 saturated heterocycles. The van der Waals surface area contributed by atoms with Crippen LogP contribution in [0.3, 0.4) is 0 Å². The Hall–Kier alpha value is -3.33. The third-order valence-corrected chi connectivity index (χ3v) is 5.10. The fraction of sp³-hybridized carbons (Fsp3) is 0.350. The van der Waals surface area contributed by atoms with Gasteiger partial charge < -0.3 is 9.30 Å². The highest BCUT2D eigenvalue weighted by molar-refractivity contribution is 6.23. The number of benzene rings is 1. The zero-order chi connectivity index (χ0) is 21.5. The number of methoxy groups -OCH3 is 1. The van der Waals surface area contributed by atoms with Crippen LogP contribution in [0.2, 0.25) is 0 Å². The molecule has 0 aliphatic carbocycles. The van der Waals surface area contributed by atoms with Gasteiger partial charge in [0.2, 0.25) is 0 Å². The number of Topliss-reactive ketones (excluding diaryl/α,β-unsaturated/α-hetero) is 1. The SMILES string of the molecule is COC[C@@H](C)n1c(C)cc(C(=O)CN2C(=O)c3ccc([N+](=O)[O-])cc3C2=O)c1C. The lowest BCUT2D eigenvalue weighted by molar-refractivity contribution is -0.384. The van der Waals surface area contributed by atoms with Gasteiger partial charge in [-0.3, -0.25) is 29.4 Å². The van der Waals surface area contributed by atoms with Crippen LogP contribution in [-0.2, 0) is 4.74 Å². The molecule has 0 bridgehead atoms. The average molecular weight is 399 g/mol. The van der Waals surface area contributed by atoms with Gasteiger partial charge in [0, 0.05) is 36.2 Å². The van der Waals surface area contributed by atoms with Crippen LogP contribution in [0.25, 0.3) is 0 Å². The summed E-state index contributed by atoms with van der Waals surface area (Å²) in [5, 5.41) is 10.9. The summed E-state index contributed by atoms with van der Waals surface area (Å²) < 4.78 is 7.16. The Labute approximate surface area is 167 Å². The minimum absolute atomic E-state index is 0.0152.